The molecule has 0 aliphatic heterocycles. The highest BCUT2D eigenvalue weighted by molar-refractivity contribution is 7.98. The van der Waals surface area contributed by atoms with Gasteiger partial charge in [0.2, 0.25) is 0 Å². The molecule has 0 atom stereocenters. The summed E-state index contributed by atoms with van der Waals surface area (Å²) in [6, 6.07) is 10.9. The number of thiol groups is 2. The maximum absolute atomic E-state index is 11.2. The summed E-state index contributed by atoms with van der Waals surface area (Å²) in [5.41, 5.74) is 4.40. The predicted octanol–water partition coefficient (Wildman–Crippen LogP) is 2.07. The molecule has 1 N–H and O–H groups in total. The third kappa shape index (κ3) is 5.80. The van der Waals surface area contributed by atoms with Gasteiger partial charge < -0.3 is 9.47 Å². The molecule has 0 bridgehead atoms. The summed E-state index contributed by atoms with van der Waals surface area (Å²) in [5, 5.41) is 4.19. The Kier molecular flexibility index (Phi) is 6.70. The van der Waals surface area contributed by atoms with E-state index in [0.717, 1.165) is 0 Å². The fraction of sp³-hybridized carbons (Fsp3) is 0.143. The van der Waals surface area contributed by atoms with E-state index < -0.39 is 10.9 Å². The van der Waals surface area contributed by atoms with Gasteiger partial charge in [0.25, 0.3) is 0 Å². The van der Waals surface area contributed by atoms with Gasteiger partial charge in [-0.3, -0.25) is 15.4 Å². The van der Waals surface area contributed by atoms with Crippen LogP contribution in [0.4, 0.5) is 4.79 Å². The summed E-state index contributed by atoms with van der Waals surface area (Å²) in [6.07, 6.45) is 2.41. The Labute approximate surface area is 144 Å². The Hall–Kier alpha value is -2.26. The van der Waals surface area contributed by atoms with Crippen molar-refractivity contribution in [1.82, 2.24) is 15.4 Å². The molecule has 2 rings (SSSR count). The van der Waals surface area contributed by atoms with Crippen molar-refractivity contribution >= 4 is 37.1 Å². The first-order valence-corrected chi connectivity index (χ1v) is 7.53. The Bertz CT molecular complexity index is 612. The summed E-state index contributed by atoms with van der Waals surface area (Å²) < 4.78 is 8.49. The molecular weight excluding hydrogens is 336 g/mol. The molecule has 0 aliphatic rings. The van der Waals surface area contributed by atoms with E-state index in [4.69, 9.17) is 4.74 Å². The van der Waals surface area contributed by atoms with Crippen LogP contribution in [0.5, 0.6) is 0 Å². The van der Waals surface area contributed by atoms with Crippen LogP contribution < -0.4 is 5.43 Å². The highest BCUT2D eigenvalue weighted by atomic mass is 32.2. The lowest BCUT2D eigenvalue weighted by Crippen LogP contribution is -2.21. The van der Waals surface area contributed by atoms with Crippen LogP contribution in [0, 0.1) is 0 Å². The maximum atomic E-state index is 11.2. The van der Waals surface area contributed by atoms with Gasteiger partial charge in [-0.15, -0.1) is 25.3 Å². The summed E-state index contributed by atoms with van der Waals surface area (Å²) in [6.45, 7) is -0.184. The van der Waals surface area contributed by atoms with Crippen LogP contribution in [-0.2, 0) is 9.47 Å². The molecule has 7 nitrogen and oxygen atoms in total. The van der Waals surface area contributed by atoms with Crippen LogP contribution >= 0.6 is 25.3 Å². The molecule has 0 saturated carbocycles. The van der Waals surface area contributed by atoms with Crippen molar-refractivity contribution in [3.63, 3.8) is 0 Å². The molecule has 0 amide bonds. The van der Waals surface area contributed by atoms with Crippen LogP contribution in [0.15, 0.2) is 53.9 Å². The van der Waals surface area contributed by atoms with Gasteiger partial charge in [-0.05, 0) is 24.3 Å². The number of pyridine rings is 2. The summed E-state index contributed by atoms with van der Waals surface area (Å²) >= 11 is 7.57. The molecule has 2 heterocycles. The van der Waals surface area contributed by atoms with Crippen LogP contribution in [0.3, 0.4) is 0 Å². The zero-order valence-electron chi connectivity index (χ0n) is 11.9. The van der Waals surface area contributed by atoms with Crippen molar-refractivity contribution in [3.8, 4) is 0 Å². The Morgan fingerprint density at radius 3 is 2.22 bits per heavy atom. The topological polar surface area (TPSA) is 85.7 Å². The number of hydrogen-bond acceptors (Lipinski definition) is 9. The molecule has 120 valence electrons. The monoisotopic (exact) mass is 350 g/mol. The molecule has 0 saturated heterocycles. The number of carbonyl (C=O) groups excluding carboxylic acids is 1. The largest absolute Gasteiger partial charge is 0.511 e. The van der Waals surface area contributed by atoms with Gasteiger partial charge in [0, 0.05) is 12.4 Å². The van der Waals surface area contributed by atoms with Gasteiger partial charge in [0.15, 0.2) is 11.5 Å². The minimum absolute atomic E-state index is 0.184. The van der Waals surface area contributed by atoms with Crippen molar-refractivity contribution in [2.45, 2.75) is 4.77 Å². The van der Waals surface area contributed by atoms with Gasteiger partial charge >= 0.3 is 6.16 Å². The second-order valence-electron chi connectivity index (χ2n) is 4.03. The van der Waals surface area contributed by atoms with Gasteiger partial charge in [-0.25, -0.2) is 4.79 Å². The lowest BCUT2D eigenvalue weighted by Gasteiger charge is -2.08. The first-order chi connectivity index (χ1) is 11.2. The summed E-state index contributed by atoms with van der Waals surface area (Å²) in [4.78, 5) is 19.7. The highest BCUT2D eigenvalue weighted by Gasteiger charge is 2.10. The van der Waals surface area contributed by atoms with Crippen LogP contribution in [0.1, 0.15) is 11.4 Å². The van der Waals surface area contributed by atoms with Gasteiger partial charge in [-0.2, -0.15) is 5.10 Å². The van der Waals surface area contributed by atoms with Crippen molar-refractivity contribution < 1.29 is 14.3 Å². The molecular formula is C14H14N4O3S2. The van der Waals surface area contributed by atoms with E-state index in [1.165, 1.54) is 0 Å². The lowest BCUT2D eigenvalue weighted by atomic mass is 10.1. The Balaban J connectivity index is 2.05. The number of ether oxygens (including phenoxy) is 2. The molecule has 0 spiro atoms. The molecule has 0 unspecified atom stereocenters. The summed E-state index contributed by atoms with van der Waals surface area (Å²) in [7, 11) is 0. The second kappa shape index (κ2) is 9.01. The highest BCUT2D eigenvalue weighted by Crippen LogP contribution is 2.06. The number of carbonyl (C=O) groups is 1. The van der Waals surface area contributed by atoms with Crippen molar-refractivity contribution in [2.24, 2.45) is 5.10 Å². The fourth-order valence-electron chi connectivity index (χ4n) is 1.57. The van der Waals surface area contributed by atoms with E-state index in [0.29, 0.717) is 17.1 Å². The maximum Gasteiger partial charge on any atom is 0.511 e. The smallest absolute Gasteiger partial charge is 0.412 e. The molecule has 0 aliphatic carbocycles. The number of hydrogen-bond donors (Lipinski definition) is 3. The quantitative estimate of drug-likeness (QED) is 0.185. The molecule has 9 heteroatoms. The first-order valence-electron chi connectivity index (χ1n) is 6.49. The molecule has 0 fully saturated rings. The normalized spacial score (nSPS) is 10.0. The number of aromatic nitrogens is 2. The SMILES string of the molecule is O=C(OCNN=C(c1ccccn1)c1ccccn1)OC(S)S. The minimum Gasteiger partial charge on any atom is -0.412 e. The second-order valence-corrected chi connectivity index (χ2v) is 5.38. The third-order valence-electron chi connectivity index (χ3n) is 2.46. The van der Waals surface area contributed by atoms with E-state index in [2.05, 4.69) is 50.5 Å². The van der Waals surface area contributed by atoms with E-state index >= 15 is 0 Å². The van der Waals surface area contributed by atoms with Crippen LogP contribution in [-0.4, -0.2) is 33.3 Å². The molecule has 23 heavy (non-hydrogen) atoms. The van der Waals surface area contributed by atoms with Gasteiger partial charge in [0.05, 0.1) is 11.4 Å². The van der Waals surface area contributed by atoms with Crippen LogP contribution in [0.25, 0.3) is 0 Å². The van der Waals surface area contributed by atoms with E-state index in [1.807, 2.05) is 12.1 Å². The zero-order chi connectivity index (χ0) is 16.5. The molecule has 2 aromatic heterocycles. The average molecular weight is 350 g/mol. The van der Waals surface area contributed by atoms with Crippen molar-refractivity contribution in [3.05, 3.63) is 60.2 Å². The van der Waals surface area contributed by atoms with Gasteiger partial charge in [0.1, 0.15) is 5.71 Å². The van der Waals surface area contributed by atoms with E-state index in [1.54, 1.807) is 36.7 Å². The number of nitrogens with zero attached hydrogens (tertiary/aromatic N) is 3. The number of nitrogens with one attached hydrogen (secondary N) is 1. The van der Waals surface area contributed by atoms with E-state index in [-0.39, 0.29) is 6.73 Å². The fourth-order valence-corrected chi connectivity index (χ4v) is 1.75. The average Bonchev–Trinajstić information content (AvgIpc) is 2.56. The zero-order valence-corrected chi connectivity index (χ0v) is 13.7. The lowest BCUT2D eigenvalue weighted by molar-refractivity contribution is 0.0582. The van der Waals surface area contributed by atoms with Crippen molar-refractivity contribution in [1.29, 1.82) is 0 Å². The van der Waals surface area contributed by atoms with Crippen LogP contribution in [0.2, 0.25) is 0 Å². The van der Waals surface area contributed by atoms with Crippen molar-refractivity contribution in [2.75, 3.05) is 6.73 Å². The number of hydrazone groups is 1. The third-order valence-corrected chi connectivity index (χ3v) is 2.67. The Morgan fingerprint density at radius 1 is 1.13 bits per heavy atom. The summed E-state index contributed by atoms with van der Waals surface area (Å²) in [5.74, 6) is 0. The first kappa shape index (κ1) is 17.1. The standard InChI is InChI=1S/C14H14N4O3S2/c19-13(21-14(22)23)20-9-17-18-12(10-5-1-3-7-15-10)11-6-2-4-8-16-11/h1-8,14,17,22-23H,9H2. The Morgan fingerprint density at radius 2 is 1.74 bits per heavy atom. The predicted molar refractivity (Wildman–Crippen MR) is 91.4 cm³/mol. The molecule has 0 aromatic carbocycles. The van der Waals surface area contributed by atoms with E-state index in [9.17, 15) is 4.79 Å². The van der Waals surface area contributed by atoms with Gasteiger partial charge in [-0.1, -0.05) is 12.1 Å². The minimum atomic E-state index is -0.903. The molecule has 0 radical (unpaired) electrons. The molecule has 2 aromatic rings. The number of rotatable bonds is 6.